The molecule has 1 fully saturated rings. The summed E-state index contributed by atoms with van der Waals surface area (Å²) in [4.78, 5) is 15.9. The Hall–Kier alpha value is -3.47. The van der Waals surface area contributed by atoms with Crippen LogP contribution in [0.2, 0.25) is 0 Å². The van der Waals surface area contributed by atoms with E-state index in [0.717, 1.165) is 12.1 Å². The minimum atomic E-state index is -0.824. The molecule has 2 heterocycles. The lowest BCUT2D eigenvalue weighted by atomic mass is 10.3. The Bertz CT molecular complexity index is 1010. The van der Waals surface area contributed by atoms with Crippen LogP contribution in [0.1, 0.15) is 5.82 Å². The number of rotatable bonds is 4. The zero-order valence-electron chi connectivity index (χ0n) is 15.8. The number of carbonyl (C=O) groups excluding carboxylic acids is 1. The smallest absolute Gasteiger partial charge is 0.322 e. The number of benzene rings is 2. The third-order valence-electron chi connectivity index (χ3n) is 4.82. The number of carbonyl (C=O) groups is 1. The summed E-state index contributed by atoms with van der Waals surface area (Å²) in [6, 6.07) is 8.67. The van der Waals surface area contributed by atoms with Gasteiger partial charge in [0.1, 0.15) is 23.1 Å². The van der Waals surface area contributed by atoms with Crippen molar-refractivity contribution in [3.8, 4) is 5.69 Å². The lowest BCUT2D eigenvalue weighted by molar-refractivity contribution is 0.140. The fourth-order valence-electron chi connectivity index (χ4n) is 3.20. The first-order chi connectivity index (χ1) is 14.5. The lowest BCUT2D eigenvalue weighted by Crippen LogP contribution is -2.49. The first-order valence-corrected chi connectivity index (χ1v) is 9.27. The molecule has 0 unspecified atom stereocenters. The Kier molecular flexibility index (Phi) is 5.61. The fourth-order valence-corrected chi connectivity index (χ4v) is 3.20. The van der Waals surface area contributed by atoms with Gasteiger partial charge in [0.15, 0.2) is 5.82 Å². The number of tetrazole rings is 1. The molecule has 1 N–H and O–H groups in total. The number of halogens is 3. The molecule has 0 aliphatic carbocycles. The van der Waals surface area contributed by atoms with Gasteiger partial charge in [-0.05, 0) is 46.8 Å². The van der Waals surface area contributed by atoms with E-state index in [0.29, 0.717) is 44.2 Å². The van der Waals surface area contributed by atoms with E-state index < -0.39 is 23.4 Å². The number of aromatic nitrogens is 4. The summed E-state index contributed by atoms with van der Waals surface area (Å²) >= 11 is 0. The third kappa shape index (κ3) is 4.25. The number of nitrogens with zero attached hydrogens (tertiary/aromatic N) is 6. The van der Waals surface area contributed by atoms with E-state index >= 15 is 0 Å². The molecule has 1 aliphatic rings. The van der Waals surface area contributed by atoms with Crippen LogP contribution in [0.15, 0.2) is 42.5 Å². The van der Waals surface area contributed by atoms with Crippen LogP contribution >= 0.6 is 0 Å². The van der Waals surface area contributed by atoms with Crippen molar-refractivity contribution in [2.75, 3.05) is 31.5 Å². The van der Waals surface area contributed by atoms with Gasteiger partial charge in [-0.25, -0.2) is 18.0 Å². The molecule has 2 aromatic carbocycles. The van der Waals surface area contributed by atoms with Crippen molar-refractivity contribution in [1.29, 1.82) is 0 Å². The van der Waals surface area contributed by atoms with Gasteiger partial charge >= 0.3 is 6.03 Å². The molecule has 30 heavy (non-hydrogen) atoms. The Morgan fingerprint density at radius 1 is 0.967 bits per heavy atom. The van der Waals surface area contributed by atoms with Gasteiger partial charge in [0.2, 0.25) is 0 Å². The Labute approximate surface area is 169 Å². The van der Waals surface area contributed by atoms with Crippen molar-refractivity contribution < 1.29 is 18.0 Å². The quantitative estimate of drug-likeness (QED) is 0.706. The van der Waals surface area contributed by atoms with Crippen molar-refractivity contribution in [2.24, 2.45) is 0 Å². The van der Waals surface area contributed by atoms with Gasteiger partial charge < -0.3 is 10.2 Å². The summed E-state index contributed by atoms with van der Waals surface area (Å²) in [5.74, 6) is -1.42. The van der Waals surface area contributed by atoms with Crippen molar-refractivity contribution in [3.63, 3.8) is 0 Å². The number of hydrogen-bond acceptors (Lipinski definition) is 5. The van der Waals surface area contributed by atoms with E-state index in [-0.39, 0.29) is 5.82 Å². The first-order valence-electron chi connectivity index (χ1n) is 9.27. The highest BCUT2D eigenvalue weighted by Gasteiger charge is 2.24. The molecular formula is C19H18F3N7O. The van der Waals surface area contributed by atoms with Crippen molar-refractivity contribution in [1.82, 2.24) is 30.0 Å². The van der Waals surface area contributed by atoms with Crippen LogP contribution in [0.3, 0.4) is 0 Å². The summed E-state index contributed by atoms with van der Waals surface area (Å²) in [6.45, 7) is 2.24. The molecule has 0 saturated carbocycles. The molecule has 0 spiro atoms. The maximum Gasteiger partial charge on any atom is 0.322 e. The zero-order chi connectivity index (χ0) is 21.1. The largest absolute Gasteiger partial charge is 0.322 e. The second-order valence-electron chi connectivity index (χ2n) is 6.77. The third-order valence-corrected chi connectivity index (χ3v) is 4.82. The predicted octanol–water partition coefficient (Wildman–Crippen LogP) is 2.43. The monoisotopic (exact) mass is 417 g/mol. The SMILES string of the molecule is O=C(Nc1c(F)cccc1F)N1CCN(Cc2nnnn2-c2ccc(F)cc2)CC1. The van der Waals surface area contributed by atoms with Crippen LogP contribution in [-0.2, 0) is 6.54 Å². The molecule has 1 aliphatic heterocycles. The highest BCUT2D eigenvalue weighted by atomic mass is 19.1. The average molecular weight is 417 g/mol. The van der Waals surface area contributed by atoms with Gasteiger partial charge in [0, 0.05) is 26.2 Å². The molecule has 156 valence electrons. The number of nitrogens with one attached hydrogen (secondary N) is 1. The van der Waals surface area contributed by atoms with Crippen LogP contribution < -0.4 is 5.32 Å². The molecule has 4 rings (SSSR count). The van der Waals surface area contributed by atoms with Gasteiger partial charge in [-0.2, -0.15) is 4.68 Å². The van der Waals surface area contributed by atoms with Gasteiger partial charge in [-0.15, -0.1) is 5.10 Å². The van der Waals surface area contributed by atoms with E-state index in [1.165, 1.54) is 27.8 Å². The maximum atomic E-state index is 13.7. The van der Waals surface area contributed by atoms with Gasteiger partial charge in [-0.1, -0.05) is 6.07 Å². The van der Waals surface area contributed by atoms with Crippen LogP contribution in [0.4, 0.5) is 23.7 Å². The molecule has 0 radical (unpaired) electrons. The number of hydrogen-bond donors (Lipinski definition) is 1. The van der Waals surface area contributed by atoms with E-state index in [9.17, 15) is 18.0 Å². The second kappa shape index (κ2) is 8.49. The Morgan fingerprint density at radius 2 is 1.63 bits per heavy atom. The van der Waals surface area contributed by atoms with E-state index in [1.54, 1.807) is 12.1 Å². The van der Waals surface area contributed by atoms with E-state index in [2.05, 4.69) is 25.7 Å². The van der Waals surface area contributed by atoms with Crippen LogP contribution in [0.25, 0.3) is 5.69 Å². The topological polar surface area (TPSA) is 79.2 Å². The fraction of sp³-hybridized carbons (Fsp3) is 0.263. The summed E-state index contributed by atoms with van der Waals surface area (Å²) in [5, 5.41) is 14.0. The summed E-state index contributed by atoms with van der Waals surface area (Å²) in [6.07, 6.45) is 0. The van der Waals surface area contributed by atoms with Gasteiger partial charge in [-0.3, -0.25) is 4.90 Å². The minimum Gasteiger partial charge on any atom is -0.322 e. The molecule has 3 aromatic rings. The molecule has 0 bridgehead atoms. The standard InChI is InChI=1S/C19H18F3N7O/c20-13-4-6-14(7-5-13)29-17(24-25-26-29)12-27-8-10-28(11-9-27)19(30)23-18-15(21)2-1-3-16(18)22/h1-7H,8-12H2,(H,23,30). The van der Waals surface area contributed by atoms with Crippen molar-refractivity contribution >= 4 is 11.7 Å². The summed E-state index contributed by atoms with van der Waals surface area (Å²) in [7, 11) is 0. The predicted molar refractivity (Wildman–Crippen MR) is 101 cm³/mol. The molecule has 1 aromatic heterocycles. The number of urea groups is 1. The highest BCUT2D eigenvalue weighted by Crippen LogP contribution is 2.19. The van der Waals surface area contributed by atoms with Crippen molar-refractivity contribution in [2.45, 2.75) is 6.54 Å². The van der Waals surface area contributed by atoms with Crippen molar-refractivity contribution in [3.05, 3.63) is 65.7 Å². The lowest BCUT2D eigenvalue weighted by Gasteiger charge is -2.34. The maximum absolute atomic E-state index is 13.7. The zero-order valence-corrected chi connectivity index (χ0v) is 15.8. The number of anilines is 1. The Morgan fingerprint density at radius 3 is 2.30 bits per heavy atom. The van der Waals surface area contributed by atoms with Crippen LogP contribution in [0, 0.1) is 17.5 Å². The Balaban J connectivity index is 1.35. The van der Waals surface area contributed by atoms with Gasteiger partial charge in [0.25, 0.3) is 0 Å². The molecule has 0 atom stereocenters. The molecule has 2 amide bonds. The first kappa shape index (κ1) is 19.8. The summed E-state index contributed by atoms with van der Waals surface area (Å²) in [5.41, 5.74) is 0.185. The second-order valence-corrected chi connectivity index (χ2v) is 6.77. The number of piperazine rings is 1. The van der Waals surface area contributed by atoms with E-state index in [1.807, 2.05) is 0 Å². The van der Waals surface area contributed by atoms with Crippen LogP contribution in [0.5, 0.6) is 0 Å². The average Bonchev–Trinajstić information content (AvgIpc) is 3.20. The number of para-hydroxylation sites is 1. The van der Waals surface area contributed by atoms with Crippen LogP contribution in [-0.4, -0.2) is 62.2 Å². The highest BCUT2D eigenvalue weighted by molar-refractivity contribution is 5.89. The molecular weight excluding hydrogens is 399 g/mol. The van der Waals surface area contributed by atoms with Gasteiger partial charge in [0.05, 0.1) is 12.2 Å². The molecule has 8 nitrogen and oxygen atoms in total. The molecule has 11 heteroatoms. The minimum absolute atomic E-state index is 0.349. The molecule has 1 saturated heterocycles. The number of amides is 2. The van der Waals surface area contributed by atoms with E-state index in [4.69, 9.17) is 0 Å². The normalized spacial score (nSPS) is 14.7. The summed E-state index contributed by atoms with van der Waals surface area (Å²) < 4.78 is 42.1.